The maximum Gasteiger partial charge on any atom is 0.431 e. The summed E-state index contributed by atoms with van der Waals surface area (Å²) in [6.07, 6.45) is 2.67. The van der Waals surface area contributed by atoms with Crippen LogP contribution in [-0.4, -0.2) is 43.2 Å². The second-order valence-corrected chi connectivity index (χ2v) is 6.09. The number of nitrogens with one attached hydrogen (secondary N) is 1. The Labute approximate surface area is 156 Å². The van der Waals surface area contributed by atoms with Gasteiger partial charge in [-0.15, -0.1) is 0 Å². The molecule has 144 valence electrons. The number of carbonyl (C=O) groups is 1. The van der Waals surface area contributed by atoms with E-state index in [4.69, 9.17) is 0 Å². The number of hydrogen-bond acceptors (Lipinski definition) is 6. The van der Waals surface area contributed by atoms with Gasteiger partial charge in [0.1, 0.15) is 17.1 Å². The fraction of sp³-hybridized carbons (Fsp3) is 0.235. The van der Waals surface area contributed by atoms with Crippen molar-refractivity contribution in [3.05, 3.63) is 53.9 Å². The highest BCUT2D eigenvalue weighted by Crippen LogP contribution is 2.35. The largest absolute Gasteiger partial charge is 0.431 e. The van der Waals surface area contributed by atoms with E-state index in [0.717, 1.165) is 11.0 Å². The van der Waals surface area contributed by atoms with Gasteiger partial charge in [-0.05, 0) is 19.4 Å². The molecule has 3 aromatic heterocycles. The number of rotatable bonds is 3. The van der Waals surface area contributed by atoms with Crippen molar-refractivity contribution in [3.8, 4) is 0 Å². The predicted octanol–water partition coefficient (Wildman–Crippen LogP) is 2.74. The average molecular weight is 389 g/mol. The van der Waals surface area contributed by atoms with Gasteiger partial charge in [0.05, 0.1) is 11.9 Å². The Kier molecular flexibility index (Phi) is 4.21. The van der Waals surface area contributed by atoms with E-state index in [-0.39, 0.29) is 35.8 Å². The molecule has 0 saturated carbocycles. The summed E-state index contributed by atoms with van der Waals surface area (Å²) in [6, 6.07) is 1.44. The highest BCUT2D eigenvalue weighted by Gasteiger charge is 2.40. The van der Waals surface area contributed by atoms with Crippen LogP contribution in [0.25, 0.3) is 5.65 Å². The van der Waals surface area contributed by atoms with Gasteiger partial charge in [-0.2, -0.15) is 18.3 Å². The molecule has 3 aromatic rings. The molecule has 4 heterocycles. The number of anilines is 2. The normalized spacial score (nSPS) is 14.4. The molecule has 1 N–H and O–H groups in total. The van der Waals surface area contributed by atoms with E-state index in [1.807, 2.05) is 0 Å². The van der Waals surface area contributed by atoms with Crippen LogP contribution in [0.1, 0.15) is 22.5 Å². The van der Waals surface area contributed by atoms with E-state index in [1.165, 1.54) is 35.4 Å². The van der Waals surface area contributed by atoms with Gasteiger partial charge in [-0.3, -0.25) is 9.78 Å². The summed E-state index contributed by atoms with van der Waals surface area (Å²) in [5.74, 6) is -0.183. The summed E-state index contributed by atoms with van der Waals surface area (Å²) in [6.45, 7) is 1.78. The first-order chi connectivity index (χ1) is 13.3. The average Bonchev–Trinajstić information content (AvgIpc) is 3.25. The standard InChI is InChI=1S/C17H14F3N7O/c1-10-14(16(28)23-12-9-21-5-6-22-12)15-24-13(4-8-27(15)25-10)26-7-2-3-11(26)17(18,19)20/h3-6,8-9H,2,7H2,1H3,(H,22,23,28). The van der Waals surface area contributed by atoms with E-state index in [2.05, 4.69) is 25.4 Å². The van der Waals surface area contributed by atoms with Gasteiger partial charge in [0.25, 0.3) is 5.91 Å². The number of aryl methyl sites for hydroxylation is 1. The molecule has 0 aliphatic carbocycles. The Morgan fingerprint density at radius 3 is 2.82 bits per heavy atom. The molecule has 0 spiro atoms. The van der Waals surface area contributed by atoms with Crippen molar-refractivity contribution in [2.45, 2.75) is 19.5 Å². The molecule has 0 aromatic carbocycles. The fourth-order valence-electron chi connectivity index (χ4n) is 3.06. The quantitative estimate of drug-likeness (QED) is 0.741. The fourth-order valence-corrected chi connectivity index (χ4v) is 3.06. The van der Waals surface area contributed by atoms with E-state index in [1.54, 1.807) is 6.92 Å². The van der Waals surface area contributed by atoms with Gasteiger partial charge in [-0.25, -0.2) is 14.5 Å². The summed E-state index contributed by atoms with van der Waals surface area (Å²) >= 11 is 0. The molecule has 0 saturated heterocycles. The van der Waals surface area contributed by atoms with Crippen molar-refractivity contribution in [3.63, 3.8) is 0 Å². The lowest BCUT2D eigenvalue weighted by Crippen LogP contribution is -2.29. The highest BCUT2D eigenvalue weighted by atomic mass is 19.4. The van der Waals surface area contributed by atoms with Gasteiger partial charge in [0.15, 0.2) is 11.5 Å². The molecule has 0 radical (unpaired) electrons. The molecule has 0 fully saturated rings. The number of nitrogens with zero attached hydrogens (tertiary/aromatic N) is 6. The summed E-state index contributed by atoms with van der Waals surface area (Å²) < 4.78 is 41.1. The van der Waals surface area contributed by atoms with Crippen LogP contribution in [0.5, 0.6) is 0 Å². The maximum atomic E-state index is 13.2. The third-order valence-corrected chi connectivity index (χ3v) is 4.23. The van der Waals surface area contributed by atoms with Crippen molar-refractivity contribution in [2.24, 2.45) is 0 Å². The van der Waals surface area contributed by atoms with Gasteiger partial charge in [0, 0.05) is 25.1 Å². The first-order valence-corrected chi connectivity index (χ1v) is 8.33. The maximum absolute atomic E-state index is 13.2. The summed E-state index contributed by atoms with van der Waals surface area (Å²) in [7, 11) is 0. The van der Waals surface area contributed by atoms with Gasteiger partial charge in [0.2, 0.25) is 0 Å². The molecular formula is C17H14F3N7O. The third-order valence-electron chi connectivity index (χ3n) is 4.23. The Bertz CT molecular complexity index is 1080. The minimum atomic E-state index is -4.48. The Morgan fingerprint density at radius 1 is 1.29 bits per heavy atom. The summed E-state index contributed by atoms with van der Waals surface area (Å²) in [5.41, 5.74) is -0.0562. The SMILES string of the molecule is Cc1nn2ccc(N3CCC=C3C(F)(F)F)nc2c1C(=O)Nc1cnccn1. The van der Waals surface area contributed by atoms with Crippen LogP contribution >= 0.6 is 0 Å². The number of fused-ring (bicyclic) bond motifs is 1. The smallest absolute Gasteiger partial charge is 0.322 e. The topological polar surface area (TPSA) is 88.3 Å². The zero-order valence-electron chi connectivity index (χ0n) is 14.6. The van der Waals surface area contributed by atoms with E-state index in [9.17, 15) is 18.0 Å². The Balaban J connectivity index is 1.73. The molecule has 1 aliphatic rings. The molecule has 8 nitrogen and oxygen atoms in total. The summed E-state index contributed by atoms with van der Waals surface area (Å²) in [4.78, 5) is 25.9. The number of alkyl halides is 3. The highest BCUT2D eigenvalue weighted by molar-refractivity contribution is 6.08. The van der Waals surface area contributed by atoms with Crippen LogP contribution in [0.4, 0.5) is 24.8 Å². The van der Waals surface area contributed by atoms with E-state index < -0.39 is 17.8 Å². The van der Waals surface area contributed by atoms with Crippen molar-refractivity contribution in [2.75, 3.05) is 16.8 Å². The second kappa shape index (κ2) is 6.59. The number of hydrogen-bond donors (Lipinski definition) is 1. The molecule has 0 bridgehead atoms. The molecule has 1 aliphatic heterocycles. The second-order valence-electron chi connectivity index (χ2n) is 6.09. The molecule has 4 rings (SSSR count). The molecule has 0 atom stereocenters. The summed E-state index contributed by atoms with van der Waals surface area (Å²) in [5, 5.41) is 6.80. The molecule has 1 amide bonds. The number of allylic oxidation sites excluding steroid dienone is 1. The van der Waals surface area contributed by atoms with E-state index in [0.29, 0.717) is 5.69 Å². The first kappa shape index (κ1) is 17.9. The van der Waals surface area contributed by atoms with Crippen LogP contribution in [-0.2, 0) is 0 Å². The predicted molar refractivity (Wildman–Crippen MR) is 93.8 cm³/mol. The number of amides is 1. The van der Waals surface area contributed by atoms with Crippen molar-refractivity contribution < 1.29 is 18.0 Å². The van der Waals surface area contributed by atoms with Crippen LogP contribution in [0.15, 0.2) is 42.6 Å². The number of carbonyl (C=O) groups excluding carboxylic acids is 1. The van der Waals surface area contributed by atoms with Crippen molar-refractivity contribution >= 4 is 23.2 Å². The van der Waals surface area contributed by atoms with Crippen LogP contribution in [0.2, 0.25) is 0 Å². The van der Waals surface area contributed by atoms with Crippen molar-refractivity contribution in [1.82, 2.24) is 24.6 Å². The Hall–Kier alpha value is -3.50. The zero-order chi connectivity index (χ0) is 19.9. The van der Waals surface area contributed by atoms with Gasteiger partial charge < -0.3 is 10.2 Å². The minimum Gasteiger partial charge on any atom is -0.322 e. The number of halogens is 3. The Morgan fingerprint density at radius 2 is 2.11 bits per heavy atom. The molecule has 28 heavy (non-hydrogen) atoms. The monoisotopic (exact) mass is 389 g/mol. The van der Waals surface area contributed by atoms with Crippen LogP contribution in [0.3, 0.4) is 0 Å². The third kappa shape index (κ3) is 3.15. The molecule has 11 heteroatoms. The lowest BCUT2D eigenvalue weighted by molar-refractivity contribution is -0.0926. The van der Waals surface area contributed by atoms with Gasteiger partial charge in [-0.1, -0.05) is 6.08 Å². The lowest BCUT2D eigenvalue weighted by Gasteiger charge is -2.23. The number of aromatic nitrogens is 5. The van der Waals surface area contributed by atoms with Crippen molar-refractivity contribution in [1.29, 1.82) is 0 Å². The minimum absolute atomic E-state index is 0.0991. The van der Waals surface area contributed by atoms with Gasteiger partial charge >= 0.3 is 6.18 Å². The molecule has 0 unspecified atom stereocenters. The first-order valence-electron chi connectivity index (χ1n) is 8.33. The lowest BCUT2D eigenvalue weighted by atomic mass is 10.2. The molecular weight excluding hydrogens is 375 g/mol. The zero-order valence-corrected chi connectivity index (χ0v) is 14.6. The van der Waals surface area contributed by atoms with Crippen LogP contribution < -0.4 is 10.2 Å². The van der Waals surface area contributed by atoms with Crippen LogP contribution in [0, 0.1) is 6.92 Å². The van der Waals surface area contributed by atoms with E-state index >= 15 is 0 Å².